The quantitative estimate of drug-likeness (QED) is 0.0297. The molecule has 0 unspecified atom stereocenters. The minimum Gasteiger partial charge on any atom is -0.480 e. The van der Waals surface area contributed by atoms with Gasteiger partial charge in [-0.1, -0.05) is 6.42 Å². The highest BCUT2D eigenvalue weighted by Crippen LogP contribution is 2.29. The smallest absolute Gasteiger partial charge is 0.328 e. The summed E-state index contributed by atoms with van der Waals surface area (Å²) in [6.45, 7) is -2.71. The number of rotatable bonds is 30. The Balaban J connectivity index is 1.22. The number of carboxylic acids is 1. The number of amides is 13. The van der Waals surface area contributed by atoms with Crippen LogP contribution in [-0.4, -0.2) is 255 Å². The third kappa shape index (κ3) is 18.7. The summed E-state index contributed by atoms with van der Waals surface area (Å²) in [5, 5.41) is 56.8. The lowest BCUT2D eigenvalue weighted by atomic mass is 10.1. The number of unbranched alkanes of at least 4 members (excludes halogenated alkanes) is 1. The lowest BCUT2D eigenvalue weighted by Crippen LogP contribution is -2.59. The van der Waals surface area contributed by atoms with E-state index < -0.39 is 189 Å². The number of aliphatic hydroxyl groups is 3. The van der Waals surface area contributed by atoms with Crippen LogP contribution in [0, 0.1) is 0 Å². The van der Waals surface area contributed by atoms with Gasteiger partial charge in [0.15, 0.2) is 0 Å². The van der Waals surface area contributed by atoms with Crippen LogP contribution in [0.15, 0.2) is 0 Å². The molecule has 18 N–H and O–H groups in total. The van der Waals surface area contributed by atoms with Gasteiger partial charge >= 0.3 is 5.97 Å². The van der Waals surface area contributed by atoms with Gasteiger partial charge in [0.2, 0.25) is 76.8 Å². The fraction of sp³-hybridized carbons (Fsp3) is 0.708. The van der Waals surface area contributed by atoms with Gasteiger partial charge in [-0.25, -0.2) is 4.79 Å². The Bertz CT molecular complexity index is 2350. The third-order valence-corrected chi connectivity index (χ3v) is 14.2. The molecule has 0 aromatic heterocycles. The number of carbonyl (C=O) groups excluding carboxylic acids is 13. The number of carboxylic acid groups (broad SMARTS) is 1. The van der Waals surface area contributed by atoms with E-state index in [0.29, 0.717) is 45.1 Å². The van der Waals surface area contributed by atoms with Crippen molar-refractivity contribution in [2.45, 2.75) is 144 Å². The highest BCUT2D eigenvalue weighted by Gasteiger charge is 2.47. The van der Waals surface area contributed by atoms with E-state index in [9.17, 15) is 87.5 Å². The van der Waals surface area contributed by atoms with E-state index in [1.807, 2.05) is 0 Å². The van der Waals surface area contributed by atoms with E-state index in [1.54, 1.807) is 0 Å². The molecular weight excluding hydrogens is 1070 g/mol. The summed E-state index contributed by atoms with van der Waals surface area (Å²) < 4.78 is 0. The van der Waals surface area contributed by atoms with Crippen LogP contribution < -0.4 is 59.7 Å². The molecule has 452 valence electrons. The first-order valence-electron chi connectivity index (χ1n) is 26.8. The van der Waals surface area contributed by atoms with Crippen LogP contribution in [0.4, 0.5) is 0 Å². The van der Waals surface area contributed by atoms with Gasteiger partial charge in [-0.15, -0.1) is 0 Å². The van der Waals surface area contributed by atoms with Gasteiger partial charge < -0.3 is 99.8 Å². The van der Waals surface area contributed by atoms with Gasteiger partial charge in [0.1, 0.15) is 54.4 Å². The summed E-state index contributed by atoms with van der Waals surface area (Å²) in [7, 11) is 0. The molecule has 0 saturated carbocycles. The molecule has 10 atom stereocenters. The predicted molar refractivity (Wildman–Crippen MR) is 277 cm³/mol. The van der Waals surface area contributed by atoms with Crippen LogP contribution in [0.3, 0.4) is 0 Å². The molecule has 4 fully saturated rings. The van der Waals surface area contributed by atoms with Crippen molar-refractivity contribution in [2.24, 2.45) is 17.2 Å². The average molecular weight is 1150 g/mol. The van der Waals surface area contributed by atoms with Crippen LogP contribution in [0.1, 0.15) is 84.0 Å². The first-order valence-corrected chi connectivity index (χ1v) is 26.8. The van der Waals surface area contributed by atoms with E-state index in [0.717, 1.165) is 4.90 Å². The Morgan fingerprint density at radius 3 is 1.52 bits per heavy atom. The van der Waals surface area contributed by atoms with Gasteiger partial charge in [0.25, 0.3) is 0 Å². The number of aliphatic hydroxyl groups excluding tert-OH is 3. The van der Waals surface area contributed by atoms with Gasteiger partial charge in [0.05, 0.1) is 51.9 Å². The molecule has 0 spiro atoms. The number of nitrogens with two attached hydrogens (primary N) is 3. The van der Waals surface area contributed by atoms with Crippen LogP contribution in [0.2, 0.25) is 0 Å². The highest BCUT2D eigenvalue weighted by molar-refractivity contribution is 5.99. The molecule has 0 radical (unpaired) electrons. The second-order valence-corrected chi connectivity index (χ2v) is 20.0. The van der Waals surface area contributed by atoms with Crippen molar-refractivity contribution >= 4 is 82.8 Å². The Labute approximate surface area is 465 Å². The molecule has 13 amide bonds. The molecule has 0 aromatic carbocycles. The Morgan fingerprint density at radius 1 is 0.519 bits per heavy atom. The van der Waals surface area contributed by atoms with Gasteiger partial charge in [0, 0.05) is 26.2 Å². The second-order valence-electron chi connectivity index (χ2n) is 20.0. The lowest BCUT2D eigenvalue weighted by Gasteiger charge is -2.34. The first kappa shape index (κ1) is 65.9. The minimum atomic E-state index is -1.72. The first-order chi connectivity index (χ1) is 38.5. The van der Waals surface area contributed by atoms with E-state index in [-0.39, 0.29) is 58.3 Å². The zero-order chi connectivity index (χ0) is 60.1. The van der Waals surface area contributed by atoms with Crippen LogP contribution in [0.5, 0.6) is 0 Å². The molecule has 4 heterocycles. The van der Waals surface area contributed by atoms with Crippen molar-refractivity contribution in [2.75, 3.05) is 72.2 Å². The molecule has 4 aliphatic rings. The van der Waals surface area contributed by atoms with Crippen molar-refractivity contribution in [3.63, 3.8) is 0 Å². The average Bonchev–Trinajstić information content (AvgIpc) is 4.44. The van der Waals surface area contributed by atoms with E-state index in [2.05, 4.69) is 42.5 Å². The maximum atomic E-state index is 14.0. The number of hydrogen-bond acceptors (Lipinski definition) is 19. The second kappa shape index (κ2) is 32.0. The van der Waals surface area contributed by atoms with Gasteiger partial charge in [-0.05, 0) is 77.7 Å². The number of nitrogens with zero attached hydrogens (tertiary/aromatic N) is 4. The Kier molecular flexibility index (Phi) is 26.0. The normalized spacial score (nSPS) is 20.8. The summed E-state index contributed by atoms with van der Waals surface area (Å²) in [6, 6.07) is -12.9. The maximum absolute atomic E-state index is 14.0. The predicted octanol–water partition coefficient (Wildman–Crippen LogP) is -9.86. The van der Waals surface area contributed by atoms with Crippen LogP contribution in [-0.2, 0) is 67.1 Å². The molecule has 4 saturated heterocycles. The molecule has 4 rings (SSSR count). The third-order valence-electron chi connectivity index (χ3n) is 14.2. The van der Waals surface area contributed by atoms with Crippen LogP contribution in [0.25, 0.3) is 0 Å². The minimum absolute atomic E-state index is 0.0520. The van der Waals surface area contributed by atoms with Crippen molar-refractivity contribution in [1.82, 2.24) is 62.1 Å². The van der Waals surface area contributed by atoms with Crippen molar-refractivity contribution in [3.8, 4) is 0 Å². The van der Waals surface area contributed by atoms with E-state index >= 15 is 0 Å². The standard InChI is InChI=1S/C48H77N15O18/c1-25(45(77)62-16-6-11-33(62)47(79)63-17-7-12-34(63)46(78)61-15-5-10-32(61)44(76)59-30(24-66)48(80)81)55-37(69)20-54-41(73)28(22-64)57-42(74)29(23-65)58-43(75)31-9-4-14-60(31)38(70)21-52-36(68)19-53-40(72)27(18-35(51)67)56-39(71)26(50)8-2-3-13-49/h25-34,64-66H,2-24,49-50H2,1H3,(H2,51,67)(H,52,68)(H,53,72)(H,54,73)(H,55,69)(H,56,71)(H,57,74)(H,58,75)(H,59,76)(H,80,81)/t25-,26-,27-,28-,29-,30-,31-,32-,33-,34-/m0/s1. The Morgan fingerprint density at radius 2 is 0.975 bits per heavy atom. The monoisotopic (exact) mass is 1150 g/mol. The summed E-state index contributed by atoms with van der Waals surface area (Å²) >= 11 is 0. The van der Waals surface area contributed by atoms with E-state index in [1.165, 1.54) is 21.6 Å². The lowest BCUT2D eigenvalue weighted by molar-refractivity contribution is -0.151. The summed E-state index contributed by atoms with van der Waals surface area (Å²) in [6.07, 6.45) is 3.27. The zero-order valence-corrected chi connectivity index (χ0v) is 45.1. The van der Waals surface area contributed by atoms with Crippen molar-refractivity contribution < 1.29 is 87.5 Å². The molecule has 81 heavy (non-hydrogen) atoms. The molecule has 0 aromatic rings. The zero-order valence-electron chi connectivity index (χ0n) is 45.1. The molecule has 33 nitrogen and oxygen atoms in total. The van der Waals surface area contributed by atoms with Crippen molar-refractivity contribution in [1.29, 1.82) is 0 Å². The van der Waals surface area contributed by atoms with Crippen molar-refractivity contribution in [3.05, 3.63) is 0 Å². The van der Waals surface area contributed by atoms with Gasteiger partial charge in [-0.2, -0.15) is 0 Å². The fourth-order valence-corrected chi connectivity index (χ4v) is 9.83. The molecular formula is C48H77N15O18. The molecule has 0 bridgehead atoms. The number of hydrogen-bond donors (Lipinski definition) is 15. The maximum Gasteiger partial charge on any atom is 0.328 e. The van der Waals surface area contributed by atoms with Gasteiger partial charge in [-0.3, -0.25) is 62.3 Å². The number of primary amides is 1. The summed E-state index contributed by atoms with van der Waals surface area (Å²) in [5.74, 6) is -12.1. The topological polar surface area (TPSA) is 507 Å². The van der Waals surface area contributed by atoms with E-state index in [4.69, 9.17) is 17.2 Å². The molecule has 4 aliphatic heterocycles. The fourth-order valence-electron chi connectivity index (χ4n) is 9.83. The largest absolute Gasteiger partial charge is 0.480 e. The number of aliphatic carboxylic acids is 1. The molecule has 0 aliphatic carbocycles. The number of likely N-dealkylation sites (tertiary alicyclic amines) is 4. The van der Waals surface area contributed by atoms with Crippen LogP contribution >= 0.6 is 0 Å². The number of carbonyl (C=O) groups is 14. The SMILES string of the molecule is C[C@H](NC(=O)CNC(=O)[C@H](CO)NC(=O)[C@H](CO)NC(=O)[C@@H]1CCCN1C(=O)CNC(=O)CNC(=O)[C@H](CC(N)=O)NC(=O)[C@@H](N)CCCCN)C(=O)N1CCC[C@H]1C(=O)N1CCC[C@H]1C(=O)N1CCC[C@H]1C(=O)N[C@@H](CO)C(=O)O. The summed E-state index contributed by atoms with van der Waals surface area (Å²) in [5.41, 5.74) is 16.5. The number of nitrogens with one attached hydrogen (secondary N) is 8. The summed E-state index contributed by atoms with van der Waals surface area (Å²) in [4.78, 5) is 186. The molecule has 33 heteroatoms. The highest BCUT2D eigenvalue weighted by atomic mass is 16.4. The Hall–Kier alpha value is -7.62.